The van der Waals surface area contributed by atoms with E-state index < -0.39 is 34.3 Å². The van der Waals surface area contributed by atoms with Gasteiger partial charge in [0, 0.05) is 53.2 Å². The Morgan fingerprint density at radius 1 is 1.14 bits per heavy atom. The third kappa shape index (κ3) is 9.02. The summed E-state index contributed by atoms with van der Waals surface area (Å²) in [7, 11) is -3.66. The quantitative estimate of drug-likeness (QED) is 0.361. The second kappa shape index (κ2) is 15.5. The number of carbonyl (C=O) groups is 1. The number of sulfonamides is 1. The third-order valence-electron chi connectivity index (χ3n) is 11.4. The molecule has 9 atom stereocenters. The highest BCUT2D eigenvalue weighted by molar-refractivity contribution is 8.00. The lowest BCUT2D eigenvalue weighted by molar-refractivity contribution is -0.346. The number of aryl methyl sites for hydroxylation is 2. The monoisotopic (exact) mass is 767 g/mol. The van der Waals surface area contributed by atoms with E-state index in [4.69, 9.17) is 21.3 Å². The maximum Gasteiger partial charge on any atom is 0.522 e. The Morgan fingerprint density at radius 3 is 2.58 bits per heavy atom. The Balaban J connectivity index is 1.09. The summed E-state index contributed by atoms with van der Waals surface area (Å²) in [5, 5.41) is 3.72. The minimum Gasteiger partial charge on any atom is -0.376 e. The molecule has 0 radical (unpaired) electrons. The number of likely N-dealkylation sites (tertiary alicyclic amines) is 1. The van der Waals surface area contributed by atoms with Gasteiger partial charge in [0.15, 0.2) is 0 Å². The maximum absolute atomic E-state index is 13.8. The van der Waals surface area contributed by atoms with Gasteiger partial charge in [-0.3, -0.25) is 28.5 Å². The molecule has 17 heteroatoms. The van der Waals surface area contributed by atoms with Crippen LogP contribution in [0.25, 0.3) is 0 Å². The molecule has 4 heterocycles. The highest BCUT2D eigenvalue weighted by atomic mass is 35.5. The lowest BCUT2D eigenvalue weighted by atomic mass is 9.70. The molecule has 1 aromatic heterocycles. The molecule has 2 aliphatic carbocycles. The zero-order valence-corrected chi connectivity index (χ0v) is 31.2. The van der Waals surface area contributed by atoms with Gasteiger partial charge in [0.1, 0.15) is 5.82 Å². The summed E-state index contributed by atoms with van der Waals surface area (Å²) >= 11 is 8.47. The minimum atomic E-state index is -4.63. The molecule has 8 unspecified atom stereocenters. The maximum atomic E-state index is 13.8. The number of carbonyl (C=O) groups excluding carboxylic acids is 1. The number of piperidine rings is 2. The van der Waals surface area contributed by atoms with E-state index in [1.54, 1.807) is 16.3 Å². The number of hydrogen-bond acceptors (Lipinski definition) is 10. The number of nitrogens with one attached hydrogen (secondary N) is 2. The van der Waals surface area contributed by atoms with Gasteiger partial charge in [-0.05, 0) is 83.5 Å². The average molecular weight is 768 g/mol. The van der Waals surface area contributed by atoms with Gasteiger partial charge in [-0.25, -0.2) is 13.4 Å². The summed E-state index contributed by atoms with van der Waals surface area (Å²) in [6, 6.07) is 0.0542. The lowest BCUT2D eigenvalue weighted by Gasteiger charge is -2.47. The molecule has 3 saturated heterocycles. The van der Waals surface area contributed by atoms with Crippen LogP contribution in [0.3, 0.4) is 0 Å². The molecule has 2 N–H and O–H groups in total. The fourth-order valence-electron chi connectivity index (χ4n) is 9.12. The van der Waals surface area contributed by atoms with Crippen LogP contribution < -0.4 is 15.6 Å². The number of alkyl halides is 4. The number of halogens is 4. The van der Waals surface area contributed by atoms with Gasteiger partial charge >= 0.3 is 6.36 Å². The molecule has 0 spiro atoms. The molecule has 282 valence electrons. The van der Waals surface area contributed by atoms with Crippen LogP contribution in [0.4, 0.5) is 13.2 Å². The van der Waals surface area contributed by atoms with Crippen molar-refractivity contribution in [1.29, 1.82) is 0 Å². The first kappa shape index (κ1) is 38.3. The zero-order chi connectivity index (χ0) is 36.0. The van der Waals surface area contributed by atoms with Crippen LogP contribution >= 0.6 is 23.4 Å². The molecule has 5 aliphatic rings. The highest BCUT2D eigenvalue weighted by Gasteiger charge is 2.52. The standard InChI is InChI=1S/C33H49ClF3N5O6S2/c1-18-14-24(30-29(38-18)26(17-49-30)31(43)40-50(3,45)46)23-15-20(34)4-7-28(23)47-13-12-42-19(2)39-27-6-5-21(16-25(27)32(42)44)41-10-8-22(9-11-41)48-33(35,36)37/h18,20-24,26,28-30,38H,4-17H2,1-3H3,(H,40,43)/t18?,20?,21-,23?,24?,26?,28?,29?,30?/m1/s1. The molecule has 1 saturated carbocycles. The number of nitrogens with zero attached hydrogens (tertiary/aromatic N) is 3. The van der Waals surface area contributed by atoms with E-state index in [2.05, 4.69) is 26.6 Å². The number of fused-ring (bicyclic) bond motifs is 2. The Kier molecular flexibility index (Phi) is 11.9. The first-order chi connectivity index (χ1) is 23.6. The van der Waals surface area contributed by atoms with E-state index in [1.165, 1.54) is 0 Å². The Bertz CT molecular complexity index is 1560. The first-order valence-electron chi connectivity index (χ1n) is 17.8. The van der Waals surface area contributed by atoms with Crippen molar-refractivity contribution in [2.45, 2.75) is 126 Å². The molecule has 4 fully saturated rings. The number of hydrogen-bond donors (Lipinski definition) is 2. The van der Waals surface area contributed by atoms with Crippen molar-refractivity contribution in [3.05, 3.63) is 27.4 Å². The van der Waals surface area contributed by atoms with Gasteiger partial charge in [-0.1, -0.05) is 0 Å². The van der Waals surface area contributed by atoms with Crippen molar-refractivity contribution < 1.29 is 35.9 Å². The molecule has 0 aromatic carbocycles. The van der Waals surface area contributed by atoms with Crippen molar-refractivity contribution in [3.63, 3.8) is 0 Å². The Hall–Kier alpha value is -1.43. The highest BCUT2D eigenvalue weighted by Crippen LogP contribution is 2.48. The summed E-state index contributed by atoms with van der Waals surface area (Å²) in [6.07, 6.45) is 1.35. The fraction of sp³-hybridized carbons (Fsp3) is 0.848. The van der Waals surface area contributed by atoms with Crippen molar-refractivity contribution in [2.24, 2.45) is 17.8 Å². The number of thioether (sulfide) groups is 1. The third-order valence-corrected chi connectivity index (χ3v) is 13.9. The molecule has 6 rings (SSSR count). The van der Waals surface area contributed by atoms with Crippen molar-refractivity contribution in [3.8, 4) is 0 Å². The Morgan fingerprint density at radius 2 is 1.88 bits per heavy atom. The van der Waals surface area contributed by atoms with Gasteiger partial charge in [0.2, 0.25) is 15.9 Å². The fourth-order valence-corrected chi connectivity index (χ4v) is 11.8. The van der Waals surface area contributed by atoms with Crippen LogP contribution in [-0.2, 0) is 43.7 Å². The topological polar surface area (TPSA) is 132 Å². The molecule has 0 bridgehead atoms. The number of rotatable bonds is 9. The summed E-state index contributed by atoms with van der Waals surface area (Å²) < 4.78 is 76.4. The SMILES string of the molecule is Cc1nc2c(c(=O)n1CCOC1CCC(Cl)CC1C1CC(C)NC3C(C(=O)NS(C)(=O)=O)CSC13)C[C@H](N1CCC(OC(F)(F)F)CC1)CC2. The first-order valence-corrected chi connectivity index (χ1v) is 21.2. The average Bonchev–Trinajstić information content (AvgIpc) is 3.45. The summed E-state index contributed by atoms with van der Waals surface area (Å²) in [5.41, 5.74) is 1.42. The summed E-state index contributed by atoms with van der Waals surface area (Å²) in [6.45, 7) is 5.61. The van der Waals surface area contributed by atoms with E-state index in [-0.39, 0.29) is 52.3 Å². The van der Waals surface area contributed by atoms with Gasteiger partial charge < -0.3 is 10.1 Å². The van der Waals surface area contributed by atoms with Crippen LogP contribution in [0.1, 0.15) is 69.0 Å². The van der Waals surface area contributed by atoms with Crippen LogP contribution in [-0.4, -0.2) is 108 Å². The van der Waals surface area contributed by atoms with E-state index >= 15 is 0 Å². The largest absolute Gasteiger partial charge is 0.522 e. The number of amides is 1. The Labute approximate surface area is 301 Å². The second-order valence-corrected chi connectivity index (χ2v) is 18.4. The summed E-state index contributed by atoms with van der Waals surface area (Å²) in [5.74, 6) is 0.623. The number of aromatic nitrogens is 2. The zero-order valence-electron chi connectivity index (χ0n) is 28.8. The number of ether oxygens (including phenoxy) is 2. The van der Waals surface area contributed by atoms with Crippen LogP contribution in [0, 0.1) is 24.7 Å². The molecular formula is C33H49ClF3N5O6S2. The normalized spacial score (nSPS) is 34.3. The van der Waals surface area contributed by atoms with E-state index in [1.807, 2.05) is 6.92 Å². The predicted molar refractivity (Wildman–Crippen MR) is 185 cm³/mol. The minimum absolute atomic E-state index is 0.0184. The van der Waals surface area contributed by atoms with Crippen molar-refractivity contribution in [2.75, 3.05) is 31.7 Å². The van der Waals surface area contributed by atoms with Gasteiger partial charge in [-0.15, -0.1) is 24.8 Å². The summed E-state index contributed by atoms with van der Waals surface area (Å²) in [4.78, 5) is 33.8. The van der Waals surface area contributed by atoms with Gasteiger partial charge in [0.25, 0.3) is 5.56 Å². The van der Waals surface area contributed by atoms with Crippen LogP contribution in [0.15, 0.2) is 4.79 Å². The van der Waals surface area contributed by atoms with E-state index in [9.17, 15) is 31.2 Å². The van der Waals surface area contributed by atoms with Crippen molar-refractivity contribution >= 4 is 39.3 Å². The predicted octanol–water partition coefficient (Wildman–Crippen LogP) is 3.38. The van der Waals surface area contributed by atoms with Crippen LogP contribution in [0.2, 0.25) is 0 Å². The lowest BCUT2D eigenvalue weighted by Crippen LogP contribution is -2.58. The van der Waals surface area contributed by atoms with E-state index in [0.29, 0.717) is 69.1 Å². The molecule has 50 heavy (non-hydrogen) atoms. The van der Waals surface area contributed by atoms with Gasteiger partial charge in [-0.2, -0.15) is 11.8 Å². The van der Waals surface area contributed by atoms with Crippen molar-refractivity contribution in [1.82, 2.24) is 24.5 Å². The molecule has 11 nitrogen and oxygen atoms in total. The smallest absolute Gasteiger partial charge is 0.376 e. The molecule has 1 amide bonds. The van der Waals surface area contributed by atoms with Gasteiger partial charge in [0.05, 0.1) is 43.2 Å². The molecular weight excluding hydrogens is 719 g/mol. The second-order valence-electron chi connectivity index (χ2n) is 14.9. The molecule has 1 aromatic rings. The van der Waals surface area contributed by atoms with Crippen LogP contribution in [0.5, 0.6) is 0 Å². The molecule has 3 aliphatic heterocycles. The van der Waals surface area contributed by atoms with E-state index in [0.717, 1.165) is 44.1 Å².